The molecule has 0 aromatic rings. The first-order valence-corrected chi connectivity index (χ1v) is 6.32. The second-order valence-corrected chi connectivity index (χ2v) is 6.11. The van der Waals surface area contributed by atoms with E-state index in [0.29, 0.717) is 12.8 Å². The monoisotopic (exact) mass is 272 g/mol. The Morgan fingerprint density at radius 3 is 2.11 bits per heavy atom. The molecular weight excluding hydrogens is 248 g/mol. The van der Waals surface area contributed by atoms with Crippen LogP contribution in [0, 0.1) is 11.3 Å². The first kappa shape index (κ1) is 17.4. The first-order chi connectivity index (χ1) is 8.59. The Hall–Kier alpha value is -1.59. The minimum Gasteiger partial charge on any atom is -0.480 e. The molecule has 6 heteroatoms. The summed E-state index contributed by atoms with van der Waals surface area (Å²) < 4.78 is 0. The Bertz CT molecular complexity index is 334. The summed E-state index contributed by atoms with van der Waals surface area (Å²) >= 11 is 0. The van der Waals surface area contributed by atoms with Gasteiger partial charge in [-0.3, -0.25) is 9.59 Å². The Balaban J connectivity index is 4.85. The van der Waals surface area contributed by atoms with Crippen LogP contribution in [0.1, 0.15) is 41.0 Å². The van der Waals surface area contributed by atoms with Crippen molar-refractivity contribution in [1.82, 2.24) is 10.6 Å². The van der Waals surface area contributed by atoms with E-state index in [1.165, 1.54) is 0 Å². The van der Waals surface area contributed by atoms with Gasteiger partial charge in [0.1, 0.15) is 12.1 Å². The van der Waals surface area contributed by atoms with Crippen molar-refractivity contribution >= 4 is 18.3 Å². The SMILES string of the molecule is CC(C)C[C@H](NC=O)C(=O)N[C@H](C(=O)O)C(C)(C)C. The molecule has 6 nitrogen and oxygen atoms in total. The van der Waals surface area contributed by atoms with Crippen molar-refractivity contribution in [1.29, 1.82) is 0 Å². The van der Waals surface area contributed by atoms with Gasteiger partial charge in [0.05, 0.1) is 0 Å². The molecule has 2 amide bonds. The van der Waals surface area contributed by atoms with Crippen LogP contribution in [0.25, 0.3) is 0 Å². The Kier molecular flexibility index (Phi) is 6.52. The van der Waals surface area contributed by atoms with E-state index in [4.69, 9.17) is 5.11 Å². The lowest BCUT2D eigenvalue weighted by molar-refractivity contribution is -0.145. The van der Waals surface area contributed by atoms with E-state index < -0.39 is 29.4 Å². The average Bonchev–Trinajstić information content (AvgIpc) is 2.22. The number of nitrogens with one attached hydrogen (secondary N) is 2. The van der Waals surface area contributed by atoms with Crippen LogP contribution in [0.15, 0.2) is 0 Å². The lowest BCUT2D eigenvalue weighted by Gasteiger charge is -2.29. The Morgan fingerprint density at radius 2 is 1.79 bits per heavy atom. The van der Waals surface area contributed by atoms with E-state index in [1.54, 1.807) is 20.8 Å². The number of aliphatic carboxylic acids is 1. The van der Waals surface area contributed by atoms with Crippen molar-refractivity contribution in [3.8, 4) is 0 Å². The molecule has 0 heterocycles. The third-order valence-corrected chi connectivity index (χ3v) is 2.69. The third kappa shape index (κ3) is 6.22. The number of hydrogen-bond donors (Lipinski definition) is 3. The molecule has 0 rings (SSSR count). The first-order valence-electron chi connectivity index (χ1n) is 6.32. The van der Waals surface area contributed by atoms with Crippen molar-refractivity contribution in [3.05, 3.63) is 0 Å². The lowest BCUT2D eigenvalue weighted by atomic mass is 9.86. The zero-order valence-corrected chi connectivity index (χ0v) is 12.2. The van der Waals surface area contributed by atoms with E-state index >= 15 is 0 Å². The van der Waals surface area contributed by atoms with Crippen molar-refractivity contribution in [2.24, 2.45) is 11.3 Å². The smallest absolute Gasteiger partial charge is 0.326 e. The van der Waals surface area contributed by atoms with Crippen molar-refractivity contribution in [3.63, 3.8) is 0 Å². The van der Waals surface area contributed by atoms with Crippen LogP contribution in [-0.2, 0) is 14.4 Å². The van der Waals surface area contributed by atoms with Gasteiger partial charge in [-0.05, 0) is 17.8 Å². The Morgan fingerprint density at radius 1 is 1.26 bits per heavy atom. The van der Waals surface area contributed by atoms with Crippen LogP contribution in [-0.4, -0.2) is 35.5 Å². The lowest BCUT2D eigenvalue weighted by Crippen LogP contribution is -2.54. The summed E-state index contributed by atoms with van der Waals surface area (Å²) in [6, 6.07) is -1.70. The quantitative estimate of drug-likeness (QED) is 0.596. The third-order valence-electron chi connectivity index (χ3n) is 2.69. The van der Waals surface area contributed by atoms with Gasteiger partial charge in [0.25, 0.3) is 0 Å². The summed E-state index contributed by atoms with van der Waals surface area (Å²) in [6.07, 6.45) is 0.917. The number of carboxylic acids is 1. The minimum absolute atomic E-state index is 0.209. The molecule has 0 saturated heterocycles. The summed E-state index contributed by atoms with van der Waals surface area (Å²) in [4.78, 5) is 33.7. The zero-order valence-electron chi connectivity index (χ0n) is 12.2. The largest absolute Gasteiger partial charge is 0.480 e. The van der Waals surface area contributed by atoms with E-state index in [9.17, 15) is 14.4 Å². The van der Waals surface area contributed by atoms with Crippen LogP contribution in [0.2, 0.25) is 0 Å². The highest BCUT2D eigenvalue weighted by atomic mass is 16.4. The molecule has 0 aromatic carbocycles. The fourth-order valence-corrected chi connectivity index (χ4v) is 1.70. The molecule has 0 aromatic heterocycles. The van der Waals surface area contributed by atoms with Gasteiger partial charge in [-0.25, -0.2) is 4.79 Å². The number of carboxylic acid groups (broad SMARTS) is 1. The van der Waals surface area contributed by atoms with E-state index in [0.717, 1.165) is 0 Å². The molecule has 0 bridgehead atoms. The molecular formula is C13H24N2O4. The summed E-state index contributed by atoms with van der Waals surface area (Å²) in [6.45, 7) is 9.04. The predicted octanol–water partition coefficient (Wildman–Crippen LogP) is 0.763. The summed E-state index contributed by atoms with van der Waals surface area (Å²) in [5.41, 5.74) is -0.606. The van der Waals surface area contributed by atoms with Crippen LogP contribution in [0.4, 0.5) is 0 Å². The number of amides is 2. The predicted molar refractivity (Wildman–Crippen MR) is 71.5 cm³/mol. The molecule has 0 spiro atoms. The molecule has 3 N–H and O–H groups in total. The molecule has 0 unspecified atom stereocenters. The molecule has 110 valence electrons. The van der Waals surface area contributed by atoms with Gasteiger partial charge in [-0.1, -0.05) is 34.6 Å². The maximum atomic E-state index is 12.0. The molecule has 0 aliphatic heterocycles. The average molecular weight is 272 g/mol. The van der Waals surface area contributed by atoms with Crippen LogP contribution in [0.3, 0.4) is 0 Å². The number of hydrogen-bond acceptors (Lipinski definition) is 3. The highest BCUT2D eigenvalue weighted by Crippen LogP contribution is 2.19. The highest BCUT2D eigenvalue weighted by molar-refractivity contribution is 5.88. The molecule has 0 saturated carbocycles. The highest BCUT2D eigenvalue weighted by Gasteiger charge is 2.34. The van der Waals surface area contributed by atoms with Gasteiger partial charge in [0, 0.05) is 0 Å². The topological polar surface area (TPSA) is 95.5 Å². The molecule has 19 heavy (non-hydrogen) atoms. The van der Waals surface area contributed by atoms with Crippen LogP contribution < -0.4 is 10.6 Å². The fraction of sp³-hybridized carbons (Fsp3) is 0.769. The summed E-state index contributed by atoms with van der Waals surface area (Å²) in [5.74, 6) is -1.35. The molecule has 0 fully saturated rings. The molecule has 0 aliphatic carbocycles. The van der Waals surface area contributed by atoms with E-state index in [2.05, 4.69) is 10.6 Å². The van der Waals surface area contributed by atoms with Gasteiger partial charge < -0.3 is 15.7 Å². The van der Waals surface area contributed by atoms with Gasteiger partial charge in [-0.2, -0.15) is 0 Å². The second-order valence-electron chi connectivity index (χ2n) is 6.11. The standard InChI is InChI=1S/C13H24N2O4/c1-8(2)6-9(14-7-16)11(17)15-10(12(18)19)13(3,4)5/h7-10H,6H2,1-5H3,(H,14,16)(H,15,17)(H,18,19)/t9-,10+/m0/s1. The summed E-state index contributed by atoms with van der Waals surface area (Å²) in [5, 5.41) is 14.1. The Labute approximate surface area is 113 Å². The van der Waals surface area contributed by atoms with Crippen LogP contribution >= 0.6 is 0 Å². The minimum atomic E-state index is -1.09. The van der Waals surface area contributed by atoms with Gasteiger partial charge in [-0.15, -0.1) is 0 Å². The van der Waals surface area contributed by atoms with Crippen molar-refractivity contribution < 1.29 is 19.5 Å². The van der Waals surface area contributed by atoms with Gasteiger partial charge in [0.15, 0.2) is 0 Å². The zero-order chi connectivity index (χ0) is 15.2. The van der Waals surface area contributed by atoms with Gasteiger partial charge >= 0.3 is 5.97 Å². The van der Waals surface area contributed by atoms with Crippen molar-refractivity contribution in [2.45, 2.75) is 53.1 Å². The van der Waals surface area contributed by atoms with E-state index in [1.807, 2.05) is 13.8 Å². The maximum Gasteiger partial charge on any atom is 0.326 e. The number of rotatable bonds is 7. The maximum absolute atomic E-state index is 12.0. The molecule has 0 radical (unpaired) electrons. The molecule has 2 atom stereocenters. The van der Waals surface area contributed by atoms with Crippen LogP contribution in [0.5, 0.6) is 0 Å². The van der Waals surface area contributed by atoms with E-state index in [-0.39, 0.29) is 5.92 Å². The summed E-state index contributed by atoms with van der Waals surface area (Å²) in [7, 11) is 0. The normalized spacial score (nSPS) is 14.6. The molecule has 0 aliphatic rings. The number of carbonyl (C=O) groups excluding carboxylic acids is 2. The number of carbonyl (C=O) groups is 3. The van der Waals surface area contributed by atoms with Gasteiger partial charge in [0.2, 0.25) is 12.3 Å². The van der Waals surface area contributed by atoms with Crippen molar-refractivity contribution in [2.75, 3.05) is 0 Å². The second kappa shape index (κ2) is 7.11. The fourth-order valence-electron chi connectivity index (χ4n) is 1.70.